The van der Waals surface area contributed by atoms with Gasteiger partial charge in [-0.3, -0.25) is 0 Å². The van der Waals surface area contributed by atoms with Gasteiger partial charge in [0.15, 0.2) is 5.13 Å². The smallest absolute Gasteiger partial charge is 0.192 e. The Morgan fingerprint density at radius 1 is 1.14 bits per heavy atom. The SMILES string of the molecule is Fc1ccccc1-c1ccc2c(c1)Cc1sc(NI)nc1-2. The van der Waals surface area contributed by atoms with Gasteiger partial charge in [-0.15, -0.1) is 11.3 Å². The van der Waals surface area contributed by atoms with Crippen molar-refractivity contribution in [2.24, 2.45) is 0 Å². The average molecular weight is 408 g/mol. The number of fused-ring (bicyclic) bond motifs is 3. The molecule has 0 saturated heterocycles. The Morgan fingerprint density at radius 2 is 2.00 bits per heavy atom. The van der Waals surface area contributed by atoms with Crippen molar-refractivity contribution in [2.75, 3.05) is 3.53 Å². The lowest BCUT2D eigenvalue weighted by atomic mass is 10.00. The Hall–Kier alpha value is -1.47. The van der Waals surface area contributed by atoms with Crippen molar-refractivity contribution >= 4 is 39.3 Å². The molecule has 0 unspecified atom stereocenters. The van der Waals surface area contributed by atoms with Gasteiger partial charge in [0, 0.05) is 22.4 Å². The second kappa shape index (κ2) is 5.06. The van der Waals surface area contributed by atoms with Crippen LogP contribution in [0, 0.1) is 5.82 Å². The molecule has 21 heavy (non-hydrogen) atoms. The molecule has 4 rings (SSSR count). The first-order valence-electron chi connectivity index (χ1n) is 6.51. The van der Waals surface area contributed by atoms with Crippen LogP contribution in [0.3, 0.4) is 0 Å². The summed E-state index contributed by atoms with van der Waals surface area (Å²) in [7, 11) is 0. The number of anilines is 1. The first kappa shape index (κ1) is 13.2. The van der Waals surface area contributed by atoms with Crippen LogP contribution in [0.15, 0.2) is 42.5 Å². The first-order chi connectivity index (χ1) is 10.3. The summed E-state index contributed by atoms with van der Waals surface area (Å²) in [5, 5.41) is 0.935. The van der Waals surface area contributed by atoms with E-state index in [9.17, 15) is 4.39 Å². The van der Waals surface area contributed by atoms with E-state index < -0.39 is 0 Å². The Kier molecular flexibility index (Phi) is 3.19. The van der Waals surface area contributed by atoms with Crippen LogP contribution in [0.25, 0.3) is 22.4 Å². The van der Waals surface area contributed by atoms with Crippen molar-refractivity contribution < 1.29 is 4.39 Å². The van der Waals surface area contributed by atoms with Crippen molar-refractivity contribution in [3.05, 3.63) is 58.7 Å². The lowest BCUT2D eigenvalue weighted by Crippen LogP contribution is -1.87. The highest BCUT2D eigenvalue weighted by atomic mass is 127. The van der Waals surface area contributed by atoms with Crippen LogP contribution < -0.4 is 3.53 Å². The van der Waals surface area contributed by atoms with E-state index in [1.54, 1.807) is 17.4 Å². The van der Waals surface area contributed by atoms with Crippen molar-refractivity contribution in [3.8, 4) is 22.4 Å². The minimum Gasteiger partial charge on any atom is -0.304 e. The summed E-state index contributed by atoms with van der Waals surface area (Å²) in [6.07, 6.45) is 0.878. The predicted octanol–water partition coefficient (Wildman–Crippen LogP) is 5.28. The maximum atomic E-state index is 13.9. The summed E-state index contributed by atoms with van der Waals surface area (Å²) in [6.45, 7) is 0. The fourth-order valence-corrected chi connectivity index (χ4v) is 4.07. The van der Waals surface area contributed by atoms with E-state index in [1.807, 2.05) is 18.2 Å². The standard InChI is InChI=1S/C16H10FIN2S/c17-13-4-2-1-3-11(13)9-5-6-12-10(7-9)8-14-15(12)19-16(20-18)21-14/h1-7H,8H2,(H,19,20). The average Bonchev–Trinajstić information content (AvgIpc) is 3.04. The van der Waals surface area contributed by atoms with Gasteiger partial charge in [-0.25, -0.2) is 9.37 Å². The van der Waals surface area contributed by atoms with E-state index in [-0.39, 0.29) is 5.82 Å². The van der Waals surface area contributed by atoms with Gasteiger partial charge in [-0.1, -0.05) is 36.4 Å². The molecule has 0 amide bonds. The van der Waals surface area contributed by atoms with Crippen LogP contribution in [0.2, 0.25) is 0 Å². The molecule has 0 aliphatic heterocycles. The van der Waals surface area contributed by atoms with Crippen molar-refractivity contribution in [2.45, 2.75) is 6.42 Å². The second-order valence-electron chi connectivity index (χ2n) is 4.91. The van der Waals surface area contributed by atoms with E-state index >= 15 is 0 Å². The third-order valence-electron chi connectivity index (χ3n) is 3.67. The molecule has 104 valence electrons. The monoisotopic (exact) mass is 408 g/mol. The fraction of sp³-hybridized carbons (Fsp3) is 0.0625. The van der Waals surface area contributed by atoms with Crippen molar-refractivity contribution in [1.29, 1.82) is 0 Å². The third-order valence-corrected chi connectivity index (χ3v) is 5.52. The second-order valence-corrected chi connectivity index (χ2v) is 6.54. The Morgan fingerprint density at radius 3 is 2.81 bits per heavy atom. The third kappa shape index (κ3) is 2.15. The predicted molar refractivity (Wildman–Crippen MR) is 93.4 cm³/mol. The van der Waals surface area contributed by atoms with Crippen molar-refractivity contribution in [3.63, 3.8) is 0 Å². The van der Waals surface area contributed by atoms with Gasteiger partial charge in [-0.05, 0) is 17.2 Å². The molecule has 0 fully saturated rings. The van der Waals surface area contributed by atoms with E-state index in [4.69, 9.17) is 0 Å². The molecule has 1 aliphatic rings. The zero-order chi connectivity index (χ0) is 14.4. The largest absolute Gasteiger partial charge is 0.304 e. The Balaban J connectivity index is 1.80. The van der Waals surface area contributed by atoms with Gasteiger partial charge in [0.1, 0.15) is 5.82 Å². The summed E-state index contributed by atoms with van der Waals surface area (Å²) in [4.78, 5) is 5.87. The van der Waals surface area contributed by atoms with E-state index in [2.05, 4.69) is 43.5 Å². The number of aromatic nitrogens is 1. The summed E-state index contributed by atoms with van der Waals surface area (Å²) in [5.74, 6) is -0.181. The Bertz CT molecular complexity index is 844. The molecule has 0 spiro atoms. The Labute approximate surface area is 139 Å². The number of hydrogen-bond donors (Lipinski definition) is 1. The number of benzene rings is 2. The topological polar surface area (TPSA) is 24.9 Å². The molecule has 1 aromatic heterocycles. The first-order valence-corrected chi connectivity index (χ1v) is 8.40. The van der Waals surface area contributed by atoms with Gasteiger partial charge in [0.25, 0.3) is 0 Å². The van der Waals surface area contributed by atoms with Crippen LogP contribution >= 0.6 is 34.2 Å². The van der Waals surface area contributed by atoms with E-state index in [0.29, 0.717) is 5.56 Å². The summed E-state index contributed by atoms with van der Waals surface area (Å²) < 4.78 is 17.0. The van der Waals surface area contributed by atoms with Crippen LogP contribution in [-0.4, -0.2) is 4.98 Å². The lowest BCUT2D eigenvalue weighted by Gasteiger charge is -2.06. The van der Waals surface area contributed by atoms with Crippen molar-refractivity contribution in [1.82, 2.24) is 4.98 Å². The van der Waals surface area contributed by atoms with Crippen LogP contribution in [0.5, 0.6) is 0 Å². The fourth-order valence-electron chi connectivity index (χ4n) is 2.73. The highest BCUT2D eigenvalue weighted by Gasteiger charge is 2.23. The minimum absolute atomic E-state index is 0.181. The molecule has 2 nitrogen and oxygen atoms in total. The molecule has 0 radical (unpaired) electrons. The number of nitrogens with one attached hydrogen (secondary N) is 1. The van der Waals surface area contributed by atoms with Gasteiger partial charge in [-0.2, -0.15) is 0 Å². The molecular formula is C16H10FIN2S. The molecule has 2 aromatic carbocycles. The van der Waals surface area contributed by atoms with Crippen LogP contribution in [0.1, 0.15) is 10.4 Å². The normalized spacial score (nSPS) is 12.1. The molecular weight excluding hydrogens is 398 g/mol. The number of nitrogens with zero attached hydrogens (tertiary/aromatic N) is 1. The molecule has 0 atom stereocenters. The maximum Gasteiger partial charge on any atom is 0.192 e. The van der Waals surface area contributed by atoms with Gasteiger partial charge in [0.05, 0.1) is 28.6 Å². The number of thiazole rings is 1. The quantitative estimate of drug-likeness (QED) is 0.361. The number of hydrogen-bond acceptors (Lipinski definition) is 3. The zero-order valence-corrected chi connectivity index (χ0v) is 13.8. The summed E-state index contributed by atoms with van der Waals surface area (Å²) >= 11 is 3.78. The summed E-state index contributed by atoms with van der Waals surface area (Å²) in [5.41, 5.74) is 5.03. The molecule has 5 heteroatoms. The van der Waals surface area contributed by atoms with E-state index in [0.717, 1.165) is 22.8 Å². The molecule has 1 aliphatic carbocycles. The molecule has 1 N–H and O–H groups in total. The van der Waals surface area contributed by atoms with Crippen LogP contribution in [-0.2, 0) is 6.42 Å². The van der Waals surface area contributed by atoms with Gasteiger partial charge in [0.2, 0.25) is 0 Å². The summed E-state index contributed by atoms with van der Waals surface area (Å²) in [6, 6.07) is 13.0. The molecule has 1 heterocycles. The zero-order valence-electron chi connectivity index (χ0n) is 10.9. The minimum atomic E-state index is -0.181. The van der Waals surface area contributed by atoms with Gasteiger partial charge >= 0.3 is 0 Å². The maximum absolute atomic E-state index is 13.9. The number of rotatable bonds is 2. The molecule has 0 saturated carbocycles. The van der Waals surface area contributed by atoms with Gasteiger partial charge < -0.3 is 3.53 Å². The highest BCUT2D eigenvalue weighted by molar-refractivity contribution is 14.1. The molecule has 3 aromatic rings. The molecule has 0 bridgehead atoms. The number of halogens is 2. The highest BCUT2D eigenvalue weighted by Crippen LogP contribution is 2.42. The van der Waals surface area contributed by atoms with Crippen LogP contribution in [0.4, 0.5) is 9.52 Å². The lowest BCUT2D eigenvalue weighted by molar-refractivity contribution is 0.631. The van der Waals surface area contributed by atoms with E-state index in [1.165, 1.54) is 22.1 Å².